The molecule has 2 aromatic rings. The first-order valence-electron chi connectivity index (χ1n) is 9.29. The Morgan fingerprint density at radius 2 is 1.63 bits per heavy atom. The molecule has 1 aliphatic rings. The molecule has 0 N–H and O–H groups in total. The van der Waals surface area contributed by atoms with Crippen LogP contribution in [0.5, 0.6) is 0 Å². The highest BCUT2D eigenvalue weighted by Gasteiger charge is 2.18. The molecule has 0 spiro atoms. The molecule has 0 heterocycles. The average Bonchev–Trinajstić information content (AvgIpc) is 2.70. The van der Waals surface area contributed by atoms with Gasteiger partial charge in [0.1, 0.15) is 5.69 Å². The maximum absolute atomic E-state index is 14.0. The Balaban J connectivity index is 1.73. The van der Waals surface area contributed by atoms with Gasteiger partial charge >= 0.3 is 0 Å². The second kappa shape index (κ2) is 9.04. The molecule has 2 aromatic carbocycles. The molecule has 0 aliphatic heterocycles. The van der Waals surface area contributed by atoms with Crippen molar-refractivity contribution in [3.63, 3.8) is 0 Å². The molecule has 27 heavy (non-hydrogen) atoms. The van der Waals surface area contributed by atoms with Gasteiger partial charge in [-0.1, -0.05) is 37.3 Å². The number of halogens is 2. The highest BCUT2D eigenvalue weighted by molar-refractivity contribution is 7.78. The maximum Gasteiger partial charge on any atom is 0.153 e. The lowest BCUT2D eigenvalue weighted by molar-refractivity contribution is 0.309. The zero-order valence-electron chi connectivity index (χ0n) is 15.3. The van der Waals surface area contributed by atoms with Gasteiger partial charge in [0.2, 0.25) is 0 Å². The minimum atomic E-state index is -0.756. The summed E-state index contributed by atoms with van der Waals surface area (Å²) in [5.41, 5.74) is 1.68. The van der Waals surface area contributed by atoms with Crippen molar-refractivity contribution in [2.75, 3.05) is 0 Å². The topological polar surface area (TPSA) is 12.4 Å². The van der Waals surface area contributed by atoms with Crippen LogP contribution in [0.25, 0.3) is 11.1 Å². The normalized spacial score (nSPS) is 18.9. The summed E-state index contributed by atoms with van der Waals surface area (Å²) in [6.07, 6.45) is 6.17. The standard InChI is InChI=1S/C23H21F2NS/c1-2-16-3-5-17(6-4-16)7-8-18-9-11-19(12-10-18)20-13-21(24)23(26-15-27)22(25)14-20/h9-14,16-17H,2-6H2,1H3. The van der Waals surface area contributed by atoms with E-state index in [2.05, 4.69) is 36.0 Å². The fourth-order valence-corrected chi connectivity index (χ4v) is 3.62. The van der Waals surface area contributed by atoms with Crippen LogP contribution in [0.2, 0.25) is 0 Å². The lowest BCUT2D eigenvalue weighted by Crippen LogP contribution is -2.12. The van der Waals surface area contributed by atoms with E-state index in [1.54, 1.807) is 0 Å². The summed E-state index contributed by atoms with van der Waals surface area (Å²) in [5.74, 6) is 6.45. The van der Waals surface area contributed by atoms with E-state index in [-0.39, 0.29) is 0 Å². The number of thiocarbonyl (C=S) groups is 1. The summed E-state index contributed by atoms with van der Waals surface area (Å²) in [6, 6.07) is 9.93. The monoisotopic (exact) mass is 381 g/mol. The maximum atomic E-state index is 14.0. The average molecular weight is 381 g/mol. The molecule has 0 saturated heterocycles. The zero-order chi connectivity index (χ0) is 19.2. The molecule has 1 saturated carbocycles. The Morgan fingerprint density at radius 1 is 1.00 bits per heavy atom. The number of hydrogen-bond acceptors (Lipinski definition) is 2. The van der Waals surface area contributed by atoms with Crippen molar-refractivity contribution in [2.45, 2.75) is 39.0 Å². The minimum absolute atomic E-state index is 0.408. The number of hydrogen-bond donors (Lipinski definition) is 0. The fraction of sp³-hybridized carbons (Fsp3) is 0.348. The van der Waals surface area contributed by atoms with Crippen LogP contribution < -0.4 is 0 Å². The van der Waals surface area contributed by atoms with Gasteiger partial charge in [0.05, 0.1) is 5.16 Å². The summed E-state index contributed by atoms with van der Waals surface area (Å²) in [4.78, 5) is 3.43. The van der Waals surface area contributed by atoms with Gasteiger partial charge in [0.25, 0.3) is 0 Å². The summed E-state index contributed by atoms with van der Waals surface area (Å²) in [5, 5.41) is 1.99. The molecule has 3 rings (SSSR count). The number of aliphatic imine (C=N–C) groups is 1. The second-order valence-electron chi connectivity index (χ2n) is 6.96. The van der Waals surface area contributed by atoms with E-state index in [4.69, 9.17) is 0 Å². The van der Waals surface area contributed by atoms with Gasteiger partial charge < -0.3 is 0 Å². The van der Waals surface area contributed by atoms with E-state index in [0.717, 1.165) is 17.0 Å². The van der Waals surface area contributed by atoms with Crippen LogP contribution >= 0.6 is 12.2 Å². The molecule has 0 amide bonds. The molecule has 138 valence electrons. The summed E-state index contributed by atoms with van der Waals surface area (Å²) >= 11 is 4.41. The largest absolute Gasteiger partial charge is 0.204 e. The van der Waals surface area contributed by atoms with Gasteiger partial charge in [-0.25, -0.2) is 8.78 Å². The fourth-order valence-electron chi connectivity index (χ4n) is 3.53. The first kappa shape index (κ1) is 19.4. The Morgan fingerprint density at radius 3 is 2.19 bits per heavy atom. The predicted octanol–water partition coefficient (Wildman–Crippen LogP) is 6.93. The molecule has 4 heteroatoms. The Hall–Kier alpha value is -2.34. The van der Waals surface area contributed by atoms with Crippen molar-refractivity contribution in [3.05, 3.63) is 53.6 Å². The van der Waals surface area contributed by atoms with Gasteiger partial charge in [0, 0.05) is 11.5 Å². The van der Waals surface area contributed by atoms with Crippen LogP contribution in [0.1, 0.15) is 44.6 Å². The van der Waals surface area contributed by atoms with Crippen molar-refractivity contribution in [1.82, 2.24) is 0 Å². The van der Waals surface area contributed by atoms with Gasteiger partial charge in [-0.05, 0) is 79.2 Å². The number of rotatable bonds is 3. The van der Waals surface area contributed by atoms with Crippen molar-refractivity contribution in [3.8, 4) is 23.0 Å². The van der Waals surface area contributed by atoms with Crippen LogP contribution in [-0.4, -0.2) is 5.16 Å². The number of isothiocyanates is 1. The van der Waals surface area contributed by atoms with Crippen LogP contribution in [0.15, 0.2) is 41.4 Å². The quantitative estimate of drug-likeness (QED) is 0.319. The van der Waals surface area contributed by atoms with Crippen molar-refractivity contribution in [1.29, 1.82) is 0 Å². The third kappa shape index (κ3) is 4.89. The van der Waals surface area contributed by atoms with E-state index < -0.39 is 17.3 Å². The molecule has 1 fully saturated rings. The molecule has 1 aliphatic carbocycles. The summed E-state index contributed by atoms with van der Waals surface area (Å²) < 4.78 is 28.0. The lowest BCUT2D eigenvalue weighted by atomic mass is 9.81. The predicted molar refractivity (Wildman–Crippen MR) is 109 cm³/mol. The van der Waals surface area contributed by atoms with E-state index in [0.29, 0.717) is 11.5 Å². The Bertz CT molecular complexity index is 887. The highest BCUT2D eigenvalue weighted by atomic mass is 32.1. The van der Waals surface area contributed by atoms with Gasteiger partial charge in [0.15, 0.2) is 11.6 Å². The van der Waals surface area contributed by atoms with Crippen molar-refractivity contribution >= 4 is 23.1 Å². The van der Waals surface area contributed by atoms with Crippen molar-refractivity contribution in [2.24, 2.45) is 16.8 Å². The SMILES string of the molecule is CCC1CCC(C#Cc2ccc(-c3cc(F)c(N=C=S)c(F)c3)cc2)CC1. The summed E-state index contributed by atoms with van der Waals surface area (Å²) in [6.45, 7) is 2.26. The van der Waals surface area contributed by atoms with Crippen LogP contribution in [0.4, 0.5) is 14.5 Å². The first-order chi connectivity index (χ1) is 13.1. The molecule has 0 aromatic heterocycles. The van der Waals surface area contributed by atoms with Crippen LogP contribution in [-0.2, 0) is 0 Å². The zero-order valence-corrected chi connectivity index (χ0v) is 16.1. The first-order valence-corrected chi connectivity index (χ1v) is 9.70. The molecule has 0 unspecified atom stereocenters. The van der Waals surface area contributed by atoms with Gasteiger partial charge in [-0.3, -0.25) is 0 Å². The van der Waals surface area contributed by atoms with Crippen molar-refractivity contribution < 1.29 is 8.78 Å². The Labute approximate surface area is 164 Å². The van der Waals surface area contributed by atoms with Gasteiger partial charge in [-0.2, -0.15) is 4.99 Å². The minimum Gasteiger partial charge on any atom is -0.204 e. The van der Waals surface area contributed by atoms with E-state index in [9.17, 15) is 8.78 Å². The van der Waals surface area contributed by atoms with Crippen LogP contribution in [0.3, 0.4) is 0 Å². The molecular formula is C23H21F2NS. The Kier molecular flexibility index (Phi) is 6.50. The smallest absolute Gasteiger partial charge is 0.153 e. The molecule has 0 atom stereocenters. The summed E-state index contributed by atoms with van der Waals surface area (Å²) in [7, 11) is 0. The number of benzene rings is 2. The third-order valence-electron chi connectivity index (χ3n) is 5.24. The number of nitrogens with zero attached hydrogens (tertiary/aromatic N) is 1. The second-order valence-corrected chi connectivity index (χ2v) is 7.15. The third-order valence-corrected chi connectivity index (χ3v) is 5.33. The van der Waals surface area contributed by atoms with E-state index in [1.165, 1.54) is 44.2 Å². The molecular weight excluding hydrogens is 360 g/mol. The van der Waals surface area contributed by atoms with E-state index in [1.807, 2.05) is 29.4 Å². The molecule has 1 nitrogen and oxygen atoms in total. The highest BCUT2D eigenvalue weighted by Crippen LogP contribution is 2.31. The molecule has 0 radical (unpaired) electrons. The van der Waals surface area contributed by atoms with Gasteiger partial charge in [-0.15, -0.1) is 0 Å². The molecule has 0 bridgehead atoms. The lowest BCUT2D eigenvalue weighted by Gasteiger charge is -2.24. The van der Waals surface area contributed by atoms with E-state index >= 15 is 0 Å². The van der Waals surface area contributed by atoms with Crippen LogP contribution in [0, 0.1) is 35.3 Å².